The summed E-state index contributed by atoms with van der Waals surface area (Å²) in [5.41, 5.74) is 3.40. The highest BCUT2D eigenvalue weighted by Crippen LogP contribution is 2.38. The molecule has 4 nitrogen and oxygen atoms in total. The van der Waals surface area contributed by atoms with Crippen molar-refractivity contribution in [2.75, 3.05) is 12.4 Å². The summed E-state index contributed by atoms with van der Waals surface area (Å²) in [4.78, 5) is 26.0. The molecule has 0 aliphatic heterocycles. The lowest BCUT2D eigenvalue weighted by molar-refractivity contribution is 0.0963. The smallest absolute Gasteiger partial charge is 0.256 e. The van der Waals surface area contributed by atoms with Crippen LogP contribution in [0.25, 0.3) is 0 Å². The molecule has 120 valence electrons. The maximum absolute atomic E-state index is 12.5. The molecule has 1 aromatic carbocycles. The summed E-state index contributed by atoms with van der Waals surface area (Å²) in [5, 5.41) is 6.31. The average Bonchev–Trinajstić information content (AvgIpc) is 2.92. The van der Waals surface area contributed by atoms with Gasteiger partial charge in [-0.1, -0.05) is 17.7 Å². The maximum atomic E-state index is 12.5. The fraction of sp³-hybridized carbons (Fsp3) is 0.333. The summed E-state index contributed by atoms with van der Waals surface area (Å²) in [6.45, 7) is 1.95. The fourth-order valence-electron chi connectivity index (χ4n) is 2.98. The standard InChI is InChI=1S/C18H20N2O2S/c1-11-6-5-7-12(10-11)16(21)20-18-15(17(22)19-2)13-8-3-4-9-14(13)23-18/h5-7,10H,3-4,8-9H2,1-2H3,(H,19,22)(H,20,21). The van der Waals surface area contributed by atoms with Crippen molar-refractivity contribution >= 4 is 28.2 Å². The third-order valence-electron chi connectivity index (χ3n) is 4.13. The molecule has 2 amide bonds. The van der Waals surface area contributed by atoms with E-state index in [1.54, 1.807) is 24.5 Å². The number of thiophene rings is 1. The Hall–Kier alpha value is -2.14. The van der Waals surface area contributed by atoms with Crippen molar-refractivity contribution in [1.29, 1.82) is 0 Å². The third kappa shape index (κ3) is 3.15. The molecule has 5 heteroatoms. The number of rotatable bonds is 3. The van der Waals surface area contributed by atoms with Gasteiger partial charge in [-0.3, -0.25) is 9.59 Å². The van der Waals surface area contributed by atoms with Crippen LogP contribution in [0.2, 0.25) is 0 Å². The van der Waals surface area contributed by atoms with Gasteiger partial charge in [-0.25, -0.2) is 0 Å². The molecule has 0 bridgehead atoms. The van der Waals surface area contributed by atoms with Crippen LogP contribution in [0.3, 0.4) is 0 Å². The molecule has 0 spiro atoms. The van der Waals surface area contributed by atoms with Gasteiger partial charge in [0.1, 0.15) is 5.00 Å². The van der Waals surface area contributed by atoms with Crippen LogP contribution in [-0.4, -0.2) is 18.9 Å². The van der Waals surface area contributed by atoms with Crippen LogP contribution in [0.5, 0.6) is 0 Å². The topological polar surface area (TPSA) is 58.2 Å². The van der Waals surface area contributed by atoms with Gasteiger partial charge in [0.05, 0.1) is 5.56 Å². The highest BCUT2D eigenvalue weighted by atomic mass is 32.1. The zero-order valence-electron chi connectivity index (χ0n) is 13.4. The molecule has 0 saturated carbocycles. The first-order chi connectivity index (χ1) is 11.1. The Morgan fingerprint density at radius 1 is 1.13 bits per heavy atom. The third-order valence-corrected chi connectivity index (χ3v) is 5.34. The van der Waals surface area contributed by atoms with Crippen LogP contribution >= 0.6 is 11.3 Å². The van der Waals surface area contributed by atoms with Gasteiger partial charge in [-0.05, 0) is 50.3 Å². The second-order valence-electron chi connectivity index (χ2n) is 5.82. The van der Waals surface area contributed by atoms with Crippen LogP contribution in [0.15, 0.2) is 24.3 Å². The van der Waals surface area contributed by atoms with Crippen LogP contribution < -0.4 is 10.6 Å². The van der Waals surface area contributed by atoms with Gasteiger partial charge in [0, 0.05) is 17.5 Å². The van der Waals surface area contributed by atoms with E-state index >= 15 is 0 Å². The van der Waals surface area contributed by atoms with Gasteiger partial charge >= 0.3 is 0 Å². The number of fused-ring (bicyclic) bond motifs is 1. The molecule has 2 aromatic rings. The van der Waals surface area contributed by atoms with E-state index in [1.807, 2.05) is 25.1 Å². The highest BCUT2D eigenvalue weighted by molar-refractivity contribution is 7.17. The molecule has 1 aliphatic carbocycles. The number of aryl methyl sites for hydroxylation is 2. The van der Waals surface area contributed by atoms with Crippen molar-refractivity contribution in [3.8, 4) is 0 Å². The predicted molar refractivity (Wildman–Crippen MR) is 93.5 cm³/mol. The quantitative estimate of drug-likeness (QED) is 0.905. The Bertz CT molecular complexity index is 764. The van der Waals surface area contributed by atoms with Crippen molar-refractivity contribution in [2.45, 2.75) is 32.6 Å². The SMILES string of the molecule is CNC(=O)c1c(NC(=O)c2cccc(C)c2)sc2c1CCCC2. The summed E-state index contributed by atoms with van der Waals surface area (Å²) in [6, 6.07) is 7.46. The van der Waals surface area contributed by atoms with Gasteiger partial charge in [0.15, 0.2) is 0 Å². The Morgan fingerprint density at radius 2 is 1.91 bits per heavy atom. The van der Waals surface area contributed by atoms with E-state index < -0.39 is 0 Å². The number of anilines is 1. The van der Waals surface area contributed by atoms with Crippen molar-refractivity contribution in [1.82, 2.24) is 5.32 Å². The minimum Gasteiger partial charge on any atom is -0.355 e. The average molecular weight is 328 g/mol. The zero-order chi connectivity index (χ0) is 16.4. The Kier molecular flexibility index (Phi) is 4.48. The van der Waals surface area contributed by atoms with Crippen molar-refractivity contribution in [2.24, 2.45) is 0 Å². The van der Waals surface area contributed by atoms with Gasteiger partial charge in [0.2, 0.25) is 0 Å². The monoisotopic (exact) mass is 328 g/mol. The van der Waals surface area contributed by atoms with E-state index in [1.165, 1.54) is 4.88 Å². The summed E-state index contributed by atoms with van der Waals surface area (Å²) < 4.78 is 0. The number of benzene rings is 1. The van der Waals surface area contributed by atoms with Crippen molar-refractivity contribution in [3.63, 3.8) is 0 Å². The lowest BCUT2D eigenvalue weighted by Gasteiger charge is -2.12. The Morgan fingerprint density at radius 3 is 2.65 bits per heavy atom. The molecule has 3 rings (SSSR count). The number of nitrogens with one attached hydrogen (secondary N) is 2. The van der Waals surface area contributed by atoms with Gasteiger partial charge in [-0.15, -0.1) is 11.3 Å². The molecule has 1 aliphatic rings. The van der Waals surface area contributed by atoms with Crippen molar-refractivity contribution < 1.29 is 9.59 Å². The Labute approximate surface area is 139 Å². The first-order valence-electron chi connectivity index (χ1n) is 7.84. The van der Waals surface area contributed by atoms with E-state index in [2.05, 4.69) is 10.6 Å². The summed E-state index contributed by atoms with van der Waals surface area (Å²) >= 11 is 1.54. The summed E-state index contributed by atoms with van der Waals surface area (Å²) in [6.07, 6.45) is 4.14. The number of hydrogen-bond acceptors (Lipinski definition) is 3. The molecule has 1 aromatic heterocycles. The van der Waals surface area contributed by atoms with Crippen LogP contribution in [0.4, 0.5) is 5.00 Å². The molecule has 0 unspecified atom stereocenters. The Balaban J connectivity index is 1.94. The molecule has 23 heavy (non-hydrogen) atoms. The van der Waals surface area contributed by atoms with Crippen molar-refractivity contribution in [3.05, 3.63) is 51.4 Å². The van der Waals surface area contributed by atoms with Crippen LogP contribution in [0, 0.1) is 6.92 Å². The maximum Gasteiger partial charge on any atom is 0.256 e. The van der Waals surface area contributed by atoms with Crippen LogP contribution in [0.1, 0.15) is 49.6 Å². The molecular formula is C18H20N2O2S. The van der Waals surface area contributed by atoms with E-state index in [4.69, 9.17) is 0 Å². The van der Waals surface area contributed by atoms with E-state index in [-0.39, 0.29) is 11.8 Å². The van der Waals surface area contributed by atoms with E-state index in [9.17, 15) is 9.59 Å². The number of carbonyl (C=O) groups is 2. The lowest BCUT2D eigenvalue weighted by atomic mass is 9.95. The van der Waals surface area contributed by atoms with Crippen LogP contribution in [-0.2, 0) is 12.8 Å². The first kappa shape index (κ1) is 15.7. The molecule has 0 saturated heterocycles. The second kappa shape index (κ2) is 6.54. The fourth-order valence-corrected chi connectivity index (χ4v) is 4.26. The molecule has 0 atom stereocenters. The minimum atomic E-state index is -0.169. The number of amides is 2. The first-order valence-corrected chi connectivity index (χ1v) is 8.66. The molecule has 1 heterocycles. The molecular weight excluding hydrogens is 308 g/mol. The summed E-state index contributed by atoms with van der Waals surface area (Å²) in [7, 11) is 1.63. The van der Waals surface area contributed by atoms with Gasteiger partial charge in [-0.2, -0.15) is 0 Å². The predicted octanol–water partition coefficient (Wildman–Crippen LogP) is 3.55. The van der Waals surface area contributed by atoms with Gasteiger partial charge < -0.3 is 10.6 Å². The second-order valence-corrected chi connectivity index (χ2v) is 6.92. The normalized spacial score (nSPS) is 13.3. The molecule has 0 fully saturated rings. The molecule has 2 N–H and O–H groups in total. The van der Waals surface area contributed by atoms with E-state index in [0.29, 0.717) is 16.1 Å². The highest BCUT2D eigenvalue weighted by Gasteiger charge is 2.25. The lowest BCUT2D eigenvalue weighted by Crippen LogP contribution is -2.22. The van der Waals surface area contributed by atoms with Gasteiger partial charge in [0.25, 0.3) is 11.8 Å². The number of hydrogen-bond donors (Lipinski definition) is 2. The summed E-state index contributed by atoms with van der Waals surface area (Å²) in [5.74, 6) is -0.290. The largest absolute Gasteiger partial charge is 0.355 e. The zero-order valence-corrected chi connectivity index (χ0v) is 14.2. The minimum absolute atomic E-state index is 0.121. The van der Waals surface area contributed by atoms with E-state index in [0.717, 1.165) is 36.8 Å². The number of carbonyl (C=O) groups excluding carboxylic acids is 2. The molecule has 0 radical (unpaired) electrons.